The van der Waals surface area contributed by atoms with Crippen molar-refractivity contribution in [2.45, 2.75) is 0 Å². The predicted octanol–water partition coefficient (Wildman–Crippen LogP) is 0.267. The number of furan rings is 1. The number of aliphatic imine (C=N–C) groups is 1. The van der Waals surface area contributed by atoms with Crippen LogP contribution in [0.3, 0.4) is 0 Å². The van der Waals surface area contributed by atoms with Crippen LogP contribution in [0, 0.1) is 5.92 Å². The van der Waals surface area contributed by atoms with Gasteiger partial charge in [-0.15, -0.1) is 0 Å². The van der Waals surface area contributed by atoms with Crippen molar-refractivity contribution in [2.75, 3.05) is 0 Å². The van der Waals surface area contributed by atoms with E-state index in [1.807, 2.05) is 0 Å². The largest absolute Gasteiger partial charge is 0.463 e. The van der Waals surface area contributed by atoms with Crippen LogP contribution in [0.4, 0.5) is 0 Å². The summed E-state index contributed by atoms with van der Waals surface area (Å²) >= 11 is 0. The van der Waals surface area contributed by atoms with Crippen molar-refractivity contribution in [1.29, 1.82) is 0 Å². The number of primary amides is 1. The van der Waals surface area contributed by atoms with Gasteiger partial charge in [-0.1, -0.05) is 6.08 Å². The number of hydrogen-bond donors (Lipinski definition) is 1. The van der Waals surface area contributed by atoms with E-state index in [-0.39, 0.29) is 0 Å². The average molecular weight is 204 g/mol. The summed E-state index contributed by atoms with van der Waals surface area (Å²) in [5.41, 5.74) is 5.42. The summed E-state index contributed by atoms with van der Waals surface area (Å²) < 4.78 is 5.07. The van der Waals surface area contributed by atoms with E-state index in [1.54, 1.807) is 18.2 Å². The van der Waals surface area contributed by atoms with Crippen LogP contribution < -0.4 is 5.73 Å². The van der Waals surface area contributed by atoms with Gasteiger partial charge in [0.25, 0.3) is 5.91 Å². The Morgan fingerprint density at radius 1 is 1.53 bits per heavy atom. The zero-order chi connectivity index (χ0) is 10.8. The fourth-order valence-electron chi connectivity index (χ4n) is 1.27. The molecule has 76 valence electrons. The van der Waals surface area contributed by atoms with Gasteiger partial charge >= 0.3 is 0 Å². The van der Waals surface area contributed by atoms with Gasteiger partial charge in [0.05, 0.1) is 6.26 Å². The molecule has 1 aromatic rings. The van der Waals surface area contributed by atoms with Gasteiger partial charge in [-0.25, -0.2) is 4.99 Å². The number of dihydropyridines is 1. The Labute approximate surface area is 85.3 Å². The number of carbonyl (C=O) groups is 2. The average Bonchev–Trinajstić information content (AvgIpc) is 2.69. The van der Waals surface area contributed by atoms with Crippen LogP contribution in [0.15, 0.2) is 40.0 Å². The molecule has 2 heterocycles. The van der Waals surface area contributed by atoms with Gasteiger partial charge in [0.2, 0.25) is 5.91 Å². The topological polar surface area (TPSA) is 85.7 Å². The van der Waals surface area contributed by atoms with Crippen LogP contribution in [-0.4, -0.2) is 17.5 Å². The van der Waals surface area contributed by atoms with Crippen molar-refractivity contribution in [1.82, 2.24) is 0 Å². The number of carbonyl (C=O) groups excluding carboxylic acids is 2. The summed E-state index contributed by atoms with van der Waals surface area (Å²) in [6.07, 6.45) is 4.46. The molecule has 2 amide bonds. The molecule has 0 spiro atoms. The molecule has 5 nitrogen and oxygen atoms in total. The highest BCUT2D eigenvalue weighted by Crippen LogP contribution is 2.13. The lowest BCUT2D eigenvalue weighted by Crippen LogP contribution is -2.30. The van der Waals surface area contributed by atoms with Crippen molar-refractivity contribution >= 4 is 17.5 Å². The van der Waals surface area contributed by atoms with Gasteiger partial charge in [-0.05, 0) is 18.2 Å². The SMILES string of the molecule is NC(=O)C1C=CC(c2ccco2)=NC1=O. The normalized spacial score (nSPS) is 20.1. The minimum Gasteiger partial charge on any atom is -0.463 e. The van der Waals surface area contributed by atoms with Crippen molar-refractivity contribution in [2.24, 2.45) is 16.6 Å². The standard InChI is InChI=1S/C10H8N2O3/c11-9(13)6-3-4-7(12-10(6)14)8-2-1-5-15-8/h1-6H,(H2,11,13). The number of allylic oxidation sites excluding steroid dienone is 1. The molecule has 1 aromatic heterocycles. The second-order valence-electron chi connectivity index (χ2n) is 3.05. The highest BCUT2D eigenvalue weighted by molar-refractivity contribution is 6.17. The molecule has 1 unspecified atom stereocenters. The summed E-state index contributed by atoms with van der Waals surface area (Å²) in [5, 5.41) is 0. The molecule has 2 rings (SSSR count). The summed E-state index contributed by atoms with van der Waals surface area (Å²) in [6.45, 7) is 0. The van der Waals surface area contributed by atoms with E-state index in [1.165, 1.54) is 12.3 Å². The first-order valence-electron chi connectivity index (χ1n) is 4.32. The molecule has 1 aliphatic heterocycles. The molecule has 0 aromatic carbocycles. The fraction of sp³-hybridized carbons (Fsp3) is 0.100. The summed E-state index contributed by atoms with van der Waals surface area (Å²) in [7, 11) is 0. The van der Waals surface area contributed by atoms with Crippen LogP contribution >= 0.6 is 0 Å². The van der Waals surface area contributed by atoms with Gasteiger partial charge in [0, 0.05) is 0 Å². The van der Waals surface area contributed by atoms with E-state index in [0.29, 0.717) is 11.5 Å². The van der Waals surface area contributed by atoms with E-state index in [2.05, 4.69) is 4.99 Å². The molecule has 0 fully saturated rings. The second kappa shape index (κ2) is 3.53. The molecule has 15 heavy (non-hydrogen) atoms. The van der Waals surface area contributed by atoms with Gasteiger partial charge in [0.15, 0.2) is 5.76 Å². The summed E-state index contributed by atoms with van der Waals surface area (Å²) in [5.74, 6) is -1.72. The quantitative estimate of drug-likeness (QED) is 0.701. The maximum atomic E-state index is 11.4. The molecule has 0 bridgehead atoms. The smallest absolute Gasteiger partial charge is 0.262 e. The molecule has 0 saturated heterocycles. The summed E-state index contributed by atoms with van der Waals surface area (Å²) in [4.78, 5) is 25.9. The first-order chi connectivity index (χ1) is 7.18. The first kappa shape index (κ1) is 9.39. The Kier molecular flexibility index (Phi) is 2.21. The number of amides is 2. The molecule has 0 radical (unpaired) electrons. The fourth-order valence-corrected chi connectivity index (χ4v) is 1.27. The van der Waals surface area contributed by atoms with E-state index < -0.39 is 17.7 Å². The maximum absolute atomic E-state index is 11.4. The molecule has 0 aliphatic carbocycles. The van der Waals surface area contributed by atoms with Crippen molar-refractivity contribution < 1.29 is 14.0 Å². The Morgan fingerprint density at radius 2 is 2.33 bits per heavy atom. The van der Waals surface area contributed by atoms with E-state index in [0.717, 1.165) is 0 Å². The predicted molar refractivity (Wildman–Crippen MR) is 52.1 cm³/mol. The number of nitrogens with two attached hydrogens (primary N) is 1. The van der Waals surface area contributed by atoms with E-state index in [9.17, 15) is 9.59 Å². The molecule has 1 atom stereocenters. The lowest BCUT2D eigenvalue weighted by atomic mass is 10.0. The van der Waals surface area contributed by atoms with Crippen LogP contribution in [0.5, 0.6) is 0 Å². The highest BCUT2D eigenvalue weighted by atomic mass is 16.3. The third-order valence-electron chi connectivity index (χ3n) is 2.02. The minimum atomic E-state index is -0.955. The summed E-state index contributed by atoms with van der Waals surface area (Å²) in [6, 6.07) is 3.37. The lowest BCUT2D eigenvalue weighted by Gasteiger charge is -2.09. The number of hydrogen-bond acceptors (Lipinski definition) is 3. The van der Waals surface area contributed by atoms with Crippen LogP contribution in [-0.2, 0) is 9.59 Å². The Hall–Kier alpha value is -2.17. The molecule has 0 saturated carbocycles. The first-order valence-corrected chi connectivity index (χ1v) is 4.32. The molecule has 1 aliphatic rings. The van der Waals surface area contributed by atoms with E-state index in [4.69, 9.17) is 10.2 Å². The molecule has 5 heteroatoms. The molecular weight excluding hydrogens is 196 g/mol. The maximum Gasteiger partial charge on any atom is 0.262 e. The highest BCUT2D eigenvalue weighted by Gasteiger charge is 2.25. The monoisotopic (exact) mass is 204 g/mol. The van der Waals surface area contributed by atoms with Gasteiger partial charge in [0.1, 0.15) is 11.6 Å². The number of nitrogens with zero attached hydrogens (tertiary/aromatic N) is 1. The Morgan fingerprint density at radius 3 is 2.87 bits per heavy atom. The number of rotatable bonds is 2. The molecular formula is C10H8N2O3. The van der Waals surface area contributed by atoms with Crippen LogP contribution in [0.25, 0.3) is 0 Å². The van der Waals surface area contributed by atoms with Crippen molar-refractivity contribution in [3.05, 3.63) is 36.3 Å². The third-order valence-corrected chi connectivity index (χ3v) is 2.02. The van der Waals surface area contributed by atoms with Crippen molar-refractivity contribution in [3.63, 3.8) is 0 Å². The minimum absolute atomic E-state index is 0.405. The zero-order valence-electron chi connectivity index (χ0n) is 7.71. The Bertz CT molecular complexity index is 457. The van der Waals surface area contributed by atoms with Crippen LogP contribution in [0.1, 0.15) is 5.76 Å². The van der Waals surface area contributed by atoms with E-state index >= 15 is 0 Å². The second-order valence-corrected chi connectivity index (χ2v) is 3.05. The van der Waals surface area contributed by atoms with Gasteiger partial charge in [-0.3, -0.25) is 9.59 Å². The molecule has 2 N–H and O–H groups in total. The van der Waals surface area contributed by atoms with Gasteiger partial charge < -0.3 is 10.2 Å². The third kappa shape index (κ3) is 1.71. The van der Waals surface area contributed by atoms with Crippen LogP contribution in [0.2, 0.25) is 0 Å². The zero-order valence-corrected chi connectivity index (χ0v) is 7.71. The Balaban J connectivity index is 2.28. The lowest BCUT2D eigenvalue weighted by molar-refractivity contribution is -0.129. The van der Waals surface area contributed by atoms with Crippen molar-refractivity contribution in [3.8, 4) is 0 Å². The van der Waals surface area contributed by atoms with Gasteiger partial charge in [-0.2, -0.15) is 0 Å².